The largest absolute Gasteiger partial charge is 0.490 e. The molecule has 31 heavy (non-hydrogen) atoms. The molecule has 0 aliphatic carbocycles. The molecule has 0 unspecified atom stereocenters. The maximum Gasteiger partial charge on any atom is 0.490 e. The van der Waals surface area contributed by atoms with Crippen molar-refractivity contribution in [2.45, 2.75) is 31.6 Å². The highest BCUT2D eigenvalue weighted by atomic mass is 79.9. The summed E-state index contributed by atoms with van der Waals surface area (Å²) in [6.07, 6.45) is -1.60. The molecular weight excluding hydrogens is 483 g/mol. The molecule has 0 saturated carbocycles. The van der Waals surface area contributed by atoms with Crippen LogP contribution in [0.3, 0.4) is 0 Å². The Labute approximate surface area is 183 Å². The lowest BCUT2D eigenvalue weighted by molar-refractivity contribution is -0.192. The minimum atomic E-state index is -5.08. The van der Waals surface area contributed by atoms with Gasteiger partial charge in [0, 0.05) is 19.1 Å². The number of carbonyl (C=O) groups is 1. The number of rotatable bonds is 3. The van der Waals surface area contributed by atoms with Crippen molar-refractivity contribution in [2.24, 2.45) is 5.73 Å². The van der Waals surface area contributed by atoms with Crippen LogP contribution in [0, 0.1) is 11.3 Å². The first-order chi connectivity index (χ1) is 14.5. The zero-order valence-electron chi connectivity index (χ0n) is 16.1. The quantitative estimate of drug-likeness (QED) is 0.661. The zero-order valence-corrected chi connectivity index (χ0v) is 17.7. The summed E-state index contributed by atoms with van der Waals surface area (Å²) in [5.41, 5.74) is 7.27. The molecule has 3 N–H and O–H groups in total. The van der Waals surface area contributed by atoms with Gasteiger partial charge in [0.25, 0.3) is 5.56 Å². The van der Waals surface area contributed by atoms with E-state index in [9.17, 15) is 23.2 Å². The maximum absolute atomic E-state index is 12.7. The second-order valence-corrected chi connectivity index (χ2v) is 7.57. The van der Waals surface area contributed by atoms with Gasteiger partial charge in [-0.25, -0.2) is 9.78 Å². The Morgan fingerprint density at radius 1 is 1.39 bits per heavy atom. The molecule has 1 aromatic carbocycles. The second kappa shape index (κ2) is 10.4. The van der Waals surface area contributed by atoms with Gasteiger partial charge in [0.1, 0.15) is 4.47 Å². The summed E-state index contributed by atoms with van der Waals surface area (Å²) in [4.78, 5) is 28.1. The fraction of sp³-hybridized carbons (Fsp3) is 0.368. The van der Waals surface area contributed by atoms with E-state index >= 15 is 0 Å². The van der Waals surface area contributed by atoms with Crippen molar-refractivity contribution >= 4 is 27.8 Å². The molecule has 1 atom stereocenters. The molecule has 0 amide bonds. The molecule has 0 spiro atoms. The number of aromatic nitrogens is 2. The number of nitrogens with zero attached hydrogens (tertiary/aromatic N) is 4. The van der Waals surface area contributed by atoms with Crippen molar-refractivity contribution in [3.8, 4) is 6.07 Å². The van der Waals surface area contributed by atoms with E-state index in [2.05, 4.69) is 31.9 Å². The smallest absolute Gasteiger partial charge is 0.475 e. The number of piperidine rings is 1. The van der Waals surface area contributed by atoms with E-state index in [1.54, 1.807) is 10.6 Å². The van der Waals surface area contributed by atoms with Crippen LogP contribution in [0.5, 0.6) is 0 Å². The zero-order chi connectivity index (χ0) is 23.2. The van der Waals surface area contributed by atoms with E-state index in [1.165, 1.54) is 6.20 Å². The van der Waals surface area contributed by atoms with E-state index in [0.29, 0.717) is 29.1 Å². The average molecular weight is 502 g/mol. The summed E-state index contributed by atoms with van der Waals surface area (Å²) in [6, 6.07) is 9.55. The molecule has 2 aromatic rings. The van der Waals surface area contributed by atoms with E-state index in [1.807, 2.05) is 18.2 Å². The molecule has 1 aromatic heterocycles. The predicted molar refractivity (Wildman–Crippen MR) is 110 cm³/mol. The van der Waals surface area contributed by atoms with Crippen molar-refractivity contribution < 1.29 is 23.1 Å². The van der Waals surface area contributed by atoms with E-state index in [4.69, 9.17) is 15.6 Å². The van der Waals surface area contributed by atoms with E-state index in [-0.39, 0.29) is 11.6 Å². The van der Waals surface area contributed by atoms with Crippen LogP contribution in [0.25, 0.3) is 0 Å². The normalized spacial score (nSPS) is 16.1. The number of halogens is 4. The van der Waals surface area contributed by atoms with Gasteiger partial charge < -0.3 is 15.7 Å². The SMILES string of the molecule is N#Cc1ccccc1Cn1c(N2CCC[C@@H](N)C2)ncc(Br)c1=O.O=C(O)C(F)(F)F. The highest BCUT2D eigenvalue weighted by Crippen LogP contribution is 2.19. The van der Waals surface area contributed by atoms with Gasteiger partial charge in [0.2, 0.25) is 5.95 Å². The predicted octanol–water partition coefficient (Wildman–Crippen LogP) is 2.49. The fourth-order valence-corrected chi connectivity index (χ4v) is 3.30. The molecule has 166 valence electrons. The van der Waals surface area contributed by atoms with E-state index in [0.717, 1.165) is 24.9 Å². The number of anilines is 1. The summed E-state index contributed by atoms with van der Waals surface area (Å²) in [5.74, 6) is -2.15. The van der Waals surface area contributed by atoms with Crippen molar-refractivity contribution in [3.63, 3.8) is 0 Å². The first-order valence-corrected chi connectivity index (χ1v) is 9.88. The highest BCUT2D eigenvalue weighted by molar-refractivity contribution is 9.10. The van der Waals surface area contributed by atoms with Crippen LogP contribution in [0.1, 0.15) is 24.0 Å². The number of nitrogens with two attached hydrogens (primary N) is 1. The second-order valence-electron chi connectivity index (χ2n) is 6.72. The van der Waals surface area contributed by atoms with E-state index < -0.39 is 12.1 Å². The van der Waals surface area contributed by atoms with Crippen molar-refractivity contribution in [1.29, 1.82) is 5.26 Å². The van der Waals surface area contributed by atoms with Crippen LogP contribution in [-0.2, 0) is 11.3 Å². The Kier molecular flexibility index (Phi) is 8.18. The van der Waals surface area contributed by atoms with Gasteiger partial charge in [0.05, 0.1) is 24.4 Å². The highest BCUT2D eigenvalue weighted by Gasteiger charge is 2.38. The van der Waals surface area contributed by atoms with Gasteiger partial charge in [0.15, 0.2) is 0 Å². The Morgan fingerprint density at radius 2 is 2.03 bits per heavy atom. The number of aliphatic carboxylic acids is 1. The molecule has 8 nitrogen and oxygen atoms in total. The third kappa shape index (κ3) is 6.53. The average Bonchev–Trinajstić information content (AvgIpc) is 2.71. The molecule has 12 heteroatoms. The molecule has 0 radical (unpaired) electrons. The lowest BCUT2D eigenvalue weighted by Crippen LogP contribution is -2.45. The van der Waals surface area contributed by atoms with Crippen LogP contribution >= 0.6 is 15.9 Å². The Morgan fingerprint density at radius 3 is 2.61 bits per heavy atom. The van der Waals surface area contributed by atoms with Crippen molar-refractivity contribution in [2.75, 3.05) is 18.0 Å². The van der Waals surface area contributed by atoms with Gasteiger partial charge in [-0.3, -0.25) is 9.36 Å². The Balaban J connectivity index is 0.000000423. The topological polar surface area (TPSA) is 125 Å². The summed E-state index contributed by atoms with van der Waals surface area (Å²) < 4.78 is 33.8. The van der Waals surface area contributed by atoms with Gasteiger partial charge in [-0.2, -0.15) is 18.4 Å². The number of hydrogen-bond acceptors (Lipinski definition) is 6. The van der Waals surface area contributed by atoms with Crippen molar-refractivity contribution in [3.05, 3.63) is 56.4 Å². The van der Waals surface area contributed by atoms with Gasteiger partial charge in [-0.15, -0.1) is 0 Å². The van der Waals surface area contributed by atoms with Crippen molar-refractivity contribution in [1.82, 2.24) is 9.55 Å². The number of benzene rings is 1. The van der Waals surface area contributed by atoms with Gasteiger partial charge in [-0.1, -0.05) is 18.2 Å². The lowest BCUT2D eigenvalue weighted by atomic mass is 10.1. The van der Waals surface area contributed by atoms with Crippen LogP contribution in [0.15, 0.2) is 39.7 Å². The molecule has 0 bridgehead atoms. The molecule has 1 aliphatic rings. The Bertz CT molecular complexity index is 1040. The molecule has 3 rings (SSSR count). The number of nitriles is 1. The maximum atomic E-state index is 12.7. The van der Waals surface area contributed by atoms with Gasteiger partial charge >= 0.3 is 12.1 Å². The summed E-state index contributed by atoms with van der Waals surface area (Å²) in [6.45, 7) is 1.80. The number of carboxylic acid groups (broad SMARTS) is 1. The molecule has 1 aliphatic heterocycles. The van der Waals surface area contributed by atoms with Crippen LogP contribution in [0.4, 0.5) is 19.1 Å². The number of hydrogen-bond donors (Lipinski definition) is 2. The minimum absolute atomic E-state index is 0.0825. The summed E-state index contributed by atoms with van der Waals surface area (Å²) >= 11 is 3.26. The summed E-state index contributed by atoms with van der Waals surface area (Å²) in [5, 5.41) is 16.4. The molecule has 2 heterocycles. The first-order valence-electron chi connectivity index (χ1n) is 9.08. The minimum Gasteiger partial charge on any atom is -0.475 e. The number of alkyl halides is 3. The number of carboxylic acids is 1. The lowest BCUT2D eigenvalue weighted by Gasteiger charge is -2.33. The molecular formula is C19H19BrF3N5O3. The summed E-state index contributed by atoms with van der Waals surface area (Å²) in [7, 11) is 0. The molecule has 1 fully saturated rings. The molecule has 1 saturated heterocycles. The van der Waals surface area contributed by atoms with Crippen LogP contribution < -0.4 is 16.2 Å². The van der Waals surface area contributed by atoms with Gasteiger partial charge in [-0.05, 0) is 40.4 Å². The third-order valence-electron chi connectivity index (χ3n) is 4.43. The van der Waals surface area contributed by atoms with Crippen LogP contribution in [0.2, 0.25) is 0 Å². The third-order valence-corrected chi connectivity index (χ3v) is 4.98. The van der Waals surface area contributed by atoms with Crippen LogP contribution in [-0.4, -0.2) is 45.9 Å². The fourth-order valence-electron chi connectivity index (χ4n) is 2.98. The monoisotopic (exact) mass is 501 g/mol. The standard InChI is InChI=1S/C17H18BrN5O.C2HF3O2/c18-15-9-21-17(22-7-3-6-14(20)11-22)23(16(15)24)10-13-5-2-1-4-12(13)8-19;3-2(4,5)1(6)7/h1-2,4-5,9,14H,3,6-7,10-11,20H2;(H,6,7)/t14-;/m1./s1. The first kappa shape index (κ1) is 24.4. The Hall–Kier alpha value is -2.91.